The maximum absolute atomic E-state index is 13.3. The van der Waals surface area contributed by atoms with Crippen LogP contribution in [-0.2, 0) is 17.5 Å². The van der Waals surface area contributed by atoms with Crippen molar-refractivity contribution in [3.8, 4) is 11.3 Å². The third-order valence-electron chi connectivity index (χ3n) is 4.34. The Balaban J connectivity index is 2.00. The van der Waals surface area contributed by atoms with Gasteiger partial charge >= 0.3 is 6.18 Å². The molecule has 0 radical (unpaired) electrons. The zero-order valence-electron chi connectivity index (χ0n) is 14.0. The van der Waals surface area contributed by atoms with Crippen LogP contribution in [0.2, 0.25) is 0 Å². The van der Waals surface area contributed by atoms with Gasteiger partial charge in [-0.3, -0.25) is 9.59 Å². The number of hydrogen-bond donors (Lipinski definition) is 0. The molecule has 5 nitrogen and oxygen atoms in total. The van der Waals surface area contributed by atoms with E-state index in [0.29, 0.717) is 23.3 Å². The summed E-state index contributed by atoms with van der Waals surface area (Å²) in [6.45, 7) is 0.610. The number of benzene rings is 1. The number of halogens is 3. The highest BCUT2D eigenvalue weighted by molar-refractivity contribution is 5.76. The number of aromatic nitrogens is 2. The van der Waals surface area contributed by atoms with Crippen molar-refractivity contribution in [3.63, 3.8) is 0 Å². The lowest BCUT2D eigenvalue weighted by Crippen LogP contribution is -2.41. The molecule has 0 aliphatic carbocycles. The first-order chi connectivity index (χ1) is 12.4. The van der Waals surface area contributed by atoms with Crippen molar-refractivity contribution >= 4 is 5.91 Å². The first kappa shape index (κ1) is 18.2. The molecule has 1 fully saturated rings. The van der Waals surface area contributed by atoms with Crippen LogP contribution >= 0.6 is 0 Å². The molecule has 0 spiro atoms. The Labute approximate surface area is 148 Å². The van der Waals surface area contributed by atoms with Crippen molar-refractivity contribution in [2.45, 2.75) is 32.0 Å². The zero-order chi connectivity index (χ0) is 18.7. The first-order valence-electron chi connectivity index (χ1n) is 8.39. The van der Waals surface area contributed by atoms with Crippen LogP contribution in [-0.4, -0.2) is 33.7 Å². The lowest BCUT2D eigenvalue weighted by molar-refractivity contribution is -0.140. The fourth-order valence-corrected chi connectivity index (χ4v) is 2.97. The minimum absolute atomic E-state index is 0.00368. The second-order valence-corrected chi connectivity index (χ2v) is 6.21. The number of alkyl halides is 3. The van der Waals surface area contributed by atoms with Crippen LogP contribution in [0.3, 0.4) is 0 Å². The van der Waals surface area contributed by atoms with Crippen molar-refractivity contribution in [1.82, 2.24) is 14.7 Å². The lowest BCUT2D eigenvalue weighted by atomic mass is 10.1. The van der Waals surface area contributed by atoms with E-state index in [1.165, 1.54) is 0 Å². The molecular formula is C18H18F3N3O2. The Morgan fingerprint density at radius 1 is 1.08 bits per heavy atom. The Bertz CT molecular complexity index is 841. The highest BCUT2D eigenvalue weighted by Gasteiger charge is 2.36. The van der Waals surface area contributed by atoms with E-state index in [1.54, 1.807) is 35.2 Å². The van der Waals surface area contributed by atoms with Gasteiger partial charge in [0.2, 0.25) is 5.91 Å². The zero-order valence-corrected chi connectivity index (χ0v) is 14.0. The van der Waals surface area contributed by atoms with Crippen molar-refractivity contribution in [2.75, 3.05) is 13.1 Å². The highest BCUT2D eigenvalue weighted by Crippen LogP contribution is 2.28. The van der Waals surface area contributed by atoms with Gasteiger partial charge in [0.25, 0.3) is 5.56 Å². The summed E-state index contributed by atoms with van der Waals surface area (Å²) in [7, 11) is 0. The van der Waals surface area contributed by atoms with Gasteiger partial charge in [0.05, 0.1) is 5.69 Å². The van der Waals surface area contributed by atoms with Crippen LogP contribution in [0.25, 0.3) is 11.3 Å². The Kier molecular flexibility index (Phi) is 5.11. The van der Waals surface area contributed by atoms with Gasteiger partial charge in [-0.1, -0.05) is 30.3 Å². The Morgan fingerprint density at radius 2 is 1.73 bits per heavy atom. The van der Waals surface area contributed by atoms with E-state index in [9.17, 15) is 22.8 Å². The second kappa shape index (κ2) is 7.31. The van der Waals surface area contributed by atoms with Crippen LogP contribution in [0.1, 0.15) is 24.8 Å². The molecule has 8 heteroatoms. The van der Waals surface area contributed by atoms with Crippen LogP contribution in [0.4, 0.5) is 13.2 Å². The number of rotatable bonds is 3. The van der Waals surface area contributed by atoms with Crippen molar-refractivity contribution in [3.05, 3.63) is 52.3 Å². The molecule has 1 amide bonds. The first-order valence-corrected chi connectivity index (χ1v) is 8.39. The molecule has 1 aromatic heterocycles. The maximum atomic E-state index is 13.3. The predicted octanol–water partition coefficient (Wildman–Crippen LogP) is 2.94. The van der Waals surface area contributed by atoms with Gasteiger partial charge in [-0.05, 0) is 25.3 Å². The van der Waals surface area contributed by atoms with Crippen LogP contribution < -0.4 is 5.56 Å². The van der Waals surface area contributed by atoms with Crippen molar-refractivity contribution in [1.29, 1.82) is 0 Å². The van der Waals surface area contributed by atoms with Crippen molar-refractivity contribution in [2.24, 2.45) is 0 Å². The van der Waals surface area contributed by atoms with Crippen LogP contribution in [0, 0.1) is 0 Å². The number of amides is 1. The van der Waals surface area contributed by atoms with E-state index in [2.05, 4.69) is 5.10 Å². The smallest absolute Gasteiger partial charge is 0.341 e. The van der Waals surface area contributed by atoms with E-state index in [0.717, 1.165) is 25.3 Å². The molecule has 1 aliphatic rings. The molecule has 0 N–H and O–H groups in total. The molecule has 0 atom stereocenters. The molecule has 2 heterocycles. The Hall–Kier alpha value is -2.64. The molecule has 1 saturated heterocycles. The lowest BCUT2D eigenvalue weighted by Gasteiger charge is -2.26. The van der Waals surface area contributed by atoms with Gasteiger partial charge in [-0.2, -0.15) is 18.3 Å². The maximum Gasteiger partial charge on any atom is 0.421 e. The molecule has 0 saturated carbocycles. The number of hydrogen-bond acceptors (Lipinski definition) is 3. The average molecular weight is 365 g/mol. The number of carbonyl (C=O) groups is 1. The van der Waals surface area contributed by atoms with E-state index in [1.807, 2.05) is 0 Å². The molecule has 26 heavy (non-hydrogen) atoms. The fraction of sp³-hybridized carbons (Fsp3) is 0.389. The van der Waals surface area contributed by atoms with Gasteiger partial charge in [-0.15, -0.1) is 0 Å². The van der Waals surface area contributed by atoms with E-state index < -0.39 is 29.8 Å². The van der Waals surface area contributed by atoms with Gasteiger partial charge < -0.3 is 4.90 Å². The summed E-state index contributed by atoms with van der Waals surface area (Å²) in [5.74, 6) is -0.391. The number of carbonyl (C=O) groups excluding carboxylic acids is 1. The fourth-order valence-electron chi connectivity index (χ4n) is 2.97. The largest absolute Gasteiger partial charge is 0.421 e. The van der Waals surface area contributed by atoms with E-state index >= 15 is 0 Å². The summed E-state index contributed by atoms with van der Waals surface area (Å²) >= 11 is 0. The normalized spacial score (nSPS) is 15.1. The minimum atomic E-state index is -4.82. The van der Waals surface area contributed by atoms with Gasteiger partial charge in [0, 0.05) is 18.7 Å². The van der Waals surface area contributed by atoms with Crippen LogP contribution in [0.5, 0.6) is 0 Å². The molecule has 0 bridgehead atoms. The van der Waals surface area contributed by atoms with Gasteiger partial charge in [0.1, 0.15) is 12.1 Å². The average Bonchev–Trinajstić information content (AvgIpc) is 2.64. The minimum Gasteiger partial charge on any atom is -0.341 e. The number of piperidine rings is 1. The molecule has 3 rings (SSSR count). The summed E-state index contributed by atoms with van der Waals surface area (Å²) in [6, 6.07) is 8.99. The number of nitrogens with zero attached hydrogens (tertiary/aromatic N) is 3. The standard InChI is InChI=1S/C18H18F3N3O2/c19-18(20,21)14-11-15(13-7-3-1-4-8-13)22-24(17(14)26)12-16(25)23-9-5-2-6-10-23/h1,3-4,7-8,11H,2,5-6,9-10,12H2. The summed E-state index contributed by atoms with van der Waals surface area (Å²) in [6.07, 6.45) is -2.10. The third-order valence-corrected chi connectivity index (χ3v) is 4.34. The second-order valence-electron chi connectivity index (χ2n) is 6.21. The highest BCUT2D eigenvalue weighted by atomic mass is 19.4. The Morgan fingerprint density at radius 3 is 2.35 bits per heavy atom. The SMILES string of the molecule is O=C(Cn1nc(-c2ccccc2)cc(C(F)(F)F)c1=O)N1CCCCC1. The molecule has 2 aromatic rings. The monoisotopic (exact) mass is 365 g/mol. The van der Waals surface area contributed by atoms with Crippen molar-refractivity contribution < 1.29 is 18.0 Å². The molecule has 138 valence electrons. The van der Waals surface area contributed by atoms with Crippen LogP contribution in [0.15, 0.2) is 41.2 Å². The molecular weight excluding hydrogens is 347 g/mol. The summed E-state index contributed by atoms with van der Waals surface area (Å²) < 4.78 is 40.5. The molecule has 1 aromatic carbocycles. The van der Waals surface area contributed by atoms with Gasteiger partial charge in [-0.25, -0.2) is 4.68 Å². The van der Waals surface area contributed by atoms with E-state index in [4.69, 9.17) is 0 Å². The number of likely N-dealkylation sites (tertiary alicyclic amines) is 1. The summed E-state index contributed by atoms with van der Waals surface area (Å²) in [5.41, 5.74) is -2.18. The summed E-state index contributed by atoms with van der Waals surface area (Å²) in [4.78, 5) is 26.2. The summed E-state index contributed by atoms with van der Waals surface area (Å²) in [5, 5.41) is 4.01. The molecule has 0 unspecified atom stereocenters. The molecule has 1 aliphatic heterocycles. The van der Waals surface area contributed by atoms with E-state index in [-0.39, 0.29) is 5.69 Å². The third kappa shape index (κ3) is 3.95. The quantitative estimate of drug-likeness (QED) is 0.840. The topological polar surface area (TPSA) is 55.2 Å². The predicted molar refractivity (Wildman–Crippen MR) is 89.4 cm³/mol. The van der Waals surface area contributed by atoms with Gasteiger partial charge in [0.15, 0.2) is 0 Å².